The summed E-state index contributed by atoms with van der Waals surface area (Å²) in [6, 6.07) is 19.3. The van der Waals surface area contributed by atoms with E-state index in [9.17, 15) is 4.79 Å². The lowest BCUT2D eigenvalue weighted by molar-refractivity contribution is 0.0944. The summed E-state index contributed by atoms with van der Waals surface area (Å²) in [5, 5.41) is 11.5. The maximum absolute atomic E-state index is 12.3. The molecule has 3 aromatic heterocycles. The molecule has 0 saturated heterocycles. The number of hydrogen-bond acceptors (Lipinski definition) is 5. The second-order valence-corrected chi connectivity index (χ2v) is 6.58. The monoisotopic (exact) mass is 387 g/mol. The van der Waals surface area contributed by atoms with E-state index in [1.165, 1.54) is 5.56 Å². The molecule has 0 radical (unpaired) electrons. The van der Waals surface area contributed by atoms with Gasteiger partial charge in [0.25, 0.3) is 5.91 Å². The number of carbonyl (C=O) groups is 1. The third-order valence-electron chi connectivity index (χ3n) is 4.58. The number of pyridine rings is 1. The lowest BCUT2D eigenvalue weighted by atomic mass is 10.1. The zero-order valence-corrected chi connectivity index (χ0v) is 15.9. The Morgan fingerprint density at radius 3 is 2.52 bits per heavy atom. The molecule has 7 nitrogen and oxygen atoms in total. The van der Waals surface area contributed by atoms with Crippen LogP contribution < -0.4 is 5.32 Å². The molecule has 0 fully saturated rings. The molecule has 0 aliphatic heterocycles. The van der Waals surface area contributed by atoms with Crippen molar-refractivity contribution in [2.24, 2.45) is 0 Å². The van der Waals surface area contributed by atoms with Crippen molar-refractivity contribution in [3.05, 3.63) is 102 Å². The first kappa shape index (κ1) is 18.6. The van der Waals surface area contributed by atoms with E-state index in [1.807, 2.05) is 34.9 Å². The summed E-state index contributed by atoms with van der Waals surface area (Å²) < 4.78 is 7.50. The average Bonchev–Trinajstić information content (AvgIpc) is 3.42. The van der Waals surface area contributed by atoms with Crippen molar-refractivity contribution >= 4 is 5.91 Å². The molecular weight excluding hydrogens is 366 g/mol. The van der Waals surface area contributed by atoms with Crippen LogP contribution in [0, 0.1) is 0 Å². The Balaban J connectivity index is 1.49. The first-order chi connectivity index (χ1) is 14.3. The quantitative estimate of drug-likeness (QED) is 0.502. The fourth-order valence-corrected chi connectivity index (χ4v) is 3.08. The fourth-order valence-electron chi connectivity index (χ4n) is 3.08. The van der Waals surface area contributed by atoms with Gasteiger partial charge in [-0.15, -0.1) is 10.2 Å². The number of hydrogen-bond donors (Lipinski definition) is 1. The fraction of sp³-hybridized carbons (Fsp3) is 0.182. The Morgan fingerprint density at radius 2 is 1.76 bits per heavy atom. The minimum Gasteiger partial charge on any atom is -0.467 e. The molecule has 0 spiro atoms. The van der Waals surface area contributed by atoms with Gasteiger partial charge in [0, 0.05) is 12.6 Å². The van der Waals surface area contributed by atoms with Gasteiger partial charge in [0.15, 0.2) is 5.82 Å². The average molecular weight is 387 g/mol. The summed E-state index contributed by atoms with van der Waals surface area (Å²) in [5.74, 6) is 2.09. The van der Waals surface area contributed by atoms with Crippen molar-refractivity contribution in [1.82, 2.24) is 25.1 Å². The van der Waals surface area contributed by atoms with Crippen LogP contribution in [0.1, 0.15) is 33.5 Å². The van der Waals surface area contributed by atoms with E-state index >= 15 is 0 Å². The van der Waals surface area contributed by atoms with E-state index in [0.717, 1.165) is 24.4 Å². The summed E-state index contributed by atoms with van der Waals surface area (Å²) in [7, 11) is 0. The lowest BCUT2D eigenvalue weighted by Crippen LogP contribution is -2.26. The summed E-state index contributed by atoms with van der Waals surface area (Å²) in [6.45, 7) is 0.771. The number of aromatic nitrogens is 4. The van der Waals surface area contributed by atoms with E-state index < -0.39 is 0 Å². The van der Waals surface area contributed by atoms with Gasteiger partial charge in [0.1, 0.15) is 17.3 Å². The molecule has 0 saturated carbocycles. The Bertz CT molecular complexity index is 1040. The molecule has 0 aliphatic carbocycles. The minimum absolute atomic E-state index is 0.246. The summed E-state index contributed by atoms with van der Waals surface area (Å²) in [5.41, 5.74) is 1.61. The van der Waals surface area contributed by atoms with Crippen LogP contribution in [0.5, 0.6) is 0 Å². The number of aryl methyl sites for hydroxylation is 2. The number of furan rings is 1. The second-order valence-electron chi connectivity index (χ2n) is 6.58. The largest absolute Gasteiger partial charge is 0.467 e. The second kappa shape index (κ2) is 8.97. The van der Waals surface area contributed by atoms with Crippen molar-refractivity contribution < 1.29 is 9.21 Å². The van der Waals surface area contributed by atoms with E-state index in [1.54, 1.807) is 30.7 Å². The zero-order valence-electron chi connectivity index (χ0n) is 15.9. The van der Waals surface area contributed by atoms with Gasteiger partial charge in [-0.3, -0.25) is 9.78 Å². The van der Waals surface area contributed by atoms with E-state index in [4.69, 9.17) is 4.42 Å². The van der Waals surface area contributed by atoms with Gasteiger partial charge < -0.3 is 14.3 Å². The number of nitrogens with one attached hydrogen (secondary N) is 1. The highest BCUT2D eigenvalue weighted by molar-refractivity contribution is 5.92. The summed E-state index contributed by atoms with van der Waals surface area (Å²) >= 11 is 0. The molecule has 1 N–H and O–H groups in total. The molecular formula is C22H21N5O2. The molecule has 4 aromatic rings. The van der Waals surface area contributed by atoms with Gasteiger partial charge in [0.2, 0.25) is 0 Å². The summed E-state index contributed by atoms with van der Waals surface area (Å²) in [6.07, 6.45) is 4.84. The van der Waals surface area contributed by atoms with E-state index in [0.29, 0.717) is 18.1 Å². The molecule has 7 heteroatoms. The van der Waals surface area contributed by atoms with Crippen LogP contribution >= 0.6 is 0 Å². The van der Waals surface area contributed by atoms with Crippen molar-refractivity contribution in [3.63, 3.8) is 0 Å². The van der Waals surface area contributed by atoms with Crippen LogP contribution in [-0.4, -0.2) is 25.7 Å². The number of amides is 1. The van der Waals surface area contributed by atoms with Crippen molar-refractivity contribution in [2.75, 3.05) is 0 Å². The normalized spacial score (nSPS) is 10.8. The van der Waals surface area contributed by atoms with E-state index in [2.05, 4.69) is 32.6 Å². The SMILES string of the molecule is O=C(NCc1nnc(CCc2ccccc2)n1Cc1ccco1)c1ccccn1. The van der Waals surface area contributed by atoms with Crippen LogP contribution in [0.15, 0.2) is 77.5 Å². The first-order valence-electron chi connectivity index (χ1n) is 9.46. The predicted molar refractivity (Wildman–Crippen MR) is 107 cm³/mol. The topological polar surface area (TPSA) is 85.8 Å². The van der Waals surface area contributed by atoms with Crippen LogP contribution in [0.2, 0.25) is 0 Å². The third-order valence-corrected chi connectivity index (χ3v) is 4.58. The summed E-state index contributed by atoms with van der Waals surface area (Å²) in [4.78, 5) is 16.4. The van der Waals surface area contributed by atoms with Gasteiger partial charge in [-0.2, -0.15) is 0 Å². The molecule has 29 heavy (non-hydrogen) atoms. The van der Waals surface area contributed by atoms with Gasteiger partial charge in [-0.25, -0.2) is 0 Å². The maximum Gasteiger partial charge on any atom is 0.270 e. The van der Waals surface area contributed by atoms with Crippen LogP contribution in [0.25, 0.3) is 0 Å². The Labute approximate surface area is 168 Å². The number of carbonyl (C=O) groups excluding carboxylic acids is 1. The minimum atomic E-state index is -0.246. The molecule has 0 bridgehead atoms. The molecule has 0 aliphatic rings. The highest BCUT2D eigenvalue weighted by Crippen LogP contribution is 2.12. The molecule has 1 amide bonds. The van der Waals surface area contributed by atoms with Crippen molar-refractivity contribution in [2.45, 2.75) is 25.9 Å². The number of benzene rings is 1. The molecule has 1 aromatic carbocycles. The number of rotatable bonds is 8. The van der Waals surface area contributed by atoms with E-state index in [-0.39, 0.29) is 12.5 Å². The van der Waals surface area contributed by atoms with Crippen LogP contribution in [-0.2, 0) is 25.9 Å². The highest BCUT2D eigenvalue weighted by atomic mass is 16.3. The molecule has 146 valence electrons. The van der Waals surface area contributed by atoms with Gasteiger partial charge in [-0.1, -0.05) is 36.4 Å². The predicted octanol–water partition coefficient (Wildman–Crippen LogP) is 3.03. The maximum atomic E-state index is 12.3. The van der Waals surface area contributed by atoms with Gasteiger partial charge >= 0.3 is 0 Å². The zero-order chi connectivity index (χ0) is 19.9. The van der Waals surface area contributed by atoms with Crippen LogP contribution in [0.4, 0.5) is 0 Å². The smallest absolute Gasteiger partial charge is 0.270 e. The Hall–Kier alpha value is -3.74. The van der Waals surface area contributed by atoms with Crippen molar-refractivity contribution in [1.29, 1.82) is 0 Å². The molecule has 3 heterocycles. The molecule has 0 unspecified atom stereocenters. The first-order valence-corrected chi connectivity index (χ1v) is 9.46. The van der Waals surface area contributed by atoms with Gasteiger partial charge in [0.05, 0.1) is 19.4 Å². The van der Waals surface area contributed by atoms with Crippen LogP contribution in [0.3, 0.4) is 0 Å². The van der Waals surface area contributed by atoms with Gasteiger partial charge in [-0.05, 0) is 36.2 Å². The highest BCUT2D eigenvalue weighted by Gasteiger charge is 2.15. The Kier molecular flexibility index (Phi) is 5.76. The Morgan fingerprint density at radius 1 is 0.931 bits per heavy atom. The lowest BCUT2D eigenvalue weighted by Gasteiger charge is -2.10. The number of nitrogens with zero attached hydrogens (tertiary/aromatic N) is 4. The standard InChI is InChI=1S/C22H21N5O2/c28-22(19-10-4-5-13-23-19)24-15-21-26-25-20(12-11-17-7-2-1-3-8-17)27(21)16-18-9-6-14-29-18/h1-10,13-14H,11-12,15-16H2,(H,24,28). The molecule has 0 atom stereocenters. The third kappa shape index (κ3) is 4.76. The van der Waals surface area contributed by atoms with Crippen molar-refractivity contribution in [3.8, 4) is 0 Å². The molecule has 4 rings (SSSR count).